The third kappa shape index (κ3) is 5.36. The van der Waals surface area contributed by atoms with Gasteiger partial charge in [0.05, 0.1) is 6.61 Å². The molecule has 0 bridgehead atoms. The largest absolute Gasteiger partial charge is 0.463 e. The maximum atomic E-state index is 5.81. The van der Waals surface area contributed by atoms with Crippen LogP contribution >= 0.6 is 0 Å². The zero-order valence-electron chi connectivity index (χ0n) is 14.0. The molecule has 0 aliphatic heterocycles. The standard InChI is InChI=1S/C15H29N5O/c1-6-9-21-15-18-13(16)17-14(19-15)20(10-11(4)5)12(7-2)8-3/h11-12H,6-10H2,1-5H3,(H2,16,17,18,19). The predicted molar refractivity (Wildman–Crippen MR) is 86.6 cm³/mol. The van der Waals surface area contributed by atoms with Gasteiger partial charge in [0.2, 0.25) is 11.9 Å². The van der Waals surface area contributed by atoms with Gasteiger partial charge in [-0.3, -0.25) is 0 Å². The van der Waals surface area contributed by atoms with E-state index in [9.17, 15) is 0 Å². The van der Waals surface area contributed by atoms with Crippen molar-refractivity contribution in [2.45, 2.75) is 59.9 Å². The third-order valence-electron chi connectivity index (χ3n) is 3.26. The molecule has 1 rings (SSSR count). The Morgan fingerprint density at radius 2 is 1.76 bits per heavy atom. The number of hydrogen-bond acceptors (Lipinski definition) is 6. The first-order valence-electron chi connectivity index (χ1n) is 7.92. The molecule has 0 aromatic carbocycles. The third-order valence-corrected chi connectivity index (χ3v) is 3.26. The molecule has 6 nitrogen and oxygen atoms in total. The Kier molecular flexibility index (Phi) is 7.19. The predicted octanol–water partition coefficient (Wildman–Crippen LogP) is 2.89. The molecule has 1 aromatic rings. The first-order chi connectivity index (χ1) is 10.0. The van der Waals surface area contributed by atoms with E-state index in [1.54, 1.807) is 0 Å². The first kappa shape index (κ1) is 17.5. The smallest absolute Gasteiger partial charge is 0.323 e. The van der Waals surface area contributed by atoms with Gasteiger partial charge in [-0.05, 0) is 25.2 Å². The monoisotopic (exact) mass is 295 g/mol. The highest BCUT2D eigenvalue weighted by molar-refractivity contribution is 5.37. The molecule has 0 aliphatic carbocycles. The van der Waals surface area contributed by atoms with Crippen LogP contribution in [0.5, 0.6) is 6.01 Å². The van der Waals surface area contributed by atoms with Crippen molar-refractivity contribution in [2.75, 3.05) is 23.8 Å². The van der Waals surface area contributed by atoms with E-state index in [1.807, 2.05) is 6.92 Å². The molecule has 0 atom stereocenters. The van der Waals surface area contributed by atoms with Crippen molar-refractivity contribution >= 4 is 11.9 Å². The molecule has 120 valence electrons. The maximum Gasteiger partial charge on any atom is 0.323 e. The minimum absolute atomic E-state index is 0.214. The van der Waals surface area contributed by atoms with Crippen LogP contribution in [0.1, 0.15) is 53.9 Å². The van der Waals surface area contributed by atoms with Crippen LogP contribution in [0, 0.1) is 5.92 Å². The first-order valence-corrected chi connectivity index (χ1v) is 7.92. The summed E-state index contributed by atoms with van der Waals surface area (Å²) in [5, 5.41) is 0. The molecule has 2 N–H and O–H groups in total. The SMILES string of the molecule is CCCOc1nc(N)nc(N(CC(C)C)C(CC)CC)n1. The van der Waals surface area contributed by atoms with Crippen molar-refractivity contribution in [1.82, 2.24) is 15.0 Å². The van der Waals surface area contributed by atoms with Crippen LogP contribution in [-0.4, -0.2) is 34.1 Å². The maximum absolute atomic E-state index is 5.81. The van der Waals surface area contributed by atoms with Crippen LogP contribution < -0.4 is 15.4 Å². The van der Waals surface area contributed by atoms with Gasteiger partial charge < -0.3 is 15.4 Å². The fourth-order valence-corrected chi connectivity index (χ4v) is 2.26. The summed E-state index contributed by atoms with van der Waals surface area (Å²) in [4.78, 5) is 15.0. The zero-order chi connectivity index (χ0) is 15.8. The lowest BCUT2D eigenvalue weighted by Crippen LogP contribution is -2.38. The fraction of sp³-hybridized carbons (Fsp3) is 0.800. The normalized spacial score (nSPS) is 11.2. The molecule has 21 heavy (non-hydrogen) atoms. The molecule has 0 fully saturated rings. The number of nitrogens with two attached hydrogens (primary N) is 1. The van der Waals surface area contributed by atoms with E-state index in [0.29, 0.717) is 30.5 Å². The summed E-state index contributed by atoms with van der Waals surface area (Å²) in [6, 6.07) is 0.715. The summed E-state index contributed by atoms with van der Waals surface area (Å²) in [7, 11) is 0. The number of anilines is 2. The lowest BCUT2D eigenvalue weighted by atomic mass is 10.1. The van der Waals surface area contributed by atoms with Crippen LogP contribution in [0.25, 0.3) is 0 Å². The van der Waals surface area contributed by atoms with Gasteiger partial charge in [0, 0.05) is 12.6 Å². The van der Waals surface area contributed by atoms with Gasteiger partial charge >= 0.3 is 6.01 Å². The number of nitrogen functional groups attached to an aromatic ring is 1. The summed E-state index contributed by atoms with van der Waals surface area (Å²) in [6.07, 6.45) is 2.99. The van der Waals surface area contributed by atoms with Gasteiger partial charge in [-0.1, -0.05) is 34.6 Å². The Morgan fingerprint density at radius 3 is 2.29 bits per heavy atom. The lowest BCUT2D eigenvalue weighted by molar-refractivity contribution is 0.291. The van der Waals surface area contributed by atoms with Gasteiger partial charge in [-0.25, -0.2) is 0 Å². The highest BCUT2D eigenvalue weighted by atomic mass is 16.5. The van der Waals surface area contributed by atoms with Crippen molar-refractivity contribution in [3.05, 3.63) is 0 Å². The van der Waals surface area contributed by atoms with Crippen molar-refractivity contribution < 1.29 is 4.74 Å². The quantitative estimate of drug-likeness (QED) is 0.755. The molecule has 0 spiro atoms. The van der Waals surface area contributed by atoms with E-state index in [4.69, 9.17) is 10.5 Å². The average Bonchev–Trinajstić information content (AvgIpc) is 2.44. The molecular weight excluding hydrogens is 266 g/mol. The van der Waals surface area contributed by atoms with Gasteiger partial charge in [0.25, 0.3) is 0 Å². The van der Waals surface area contributed by atoms with Crippen molar-refractivity contribution in [3.8, 4) is 6.01 Å². The van der Waals surface area contributed by atoms with Crippen LogP contribution in [0.15, 0.2) is 0 Å². The van der Waals surface area contributed by atoms with Crippen molar-refractivity contribution in [2.24, 2.45) is 5.92 Å². The highest BCUT2D eigenvalue weighted by Gasteiger charge is 2.21. The van der Waals surface area contributed by atoms with E-state index in [-0.39, 0.29) is 5.95 Å². The number of rotatable bonds is 9. The van der Waals surface area contributed by atoms with Gasteiger partial charge in [0.15, 0.2) is 0 Å². The van der Waals surface area contributed by atoms with Crippen LogP contribution in [-0.2, 0) is 0 Å². The van der Waals surface area contributed by atoms with E-state index >= 15 is 0 Å². The molecule has 1 aromatic heterocycles. The molecule has 0 saturated heterocycles. The van der Waals surface area contributed by atoms with Gasteiger partial charge in [-0.2, -0.15) is 15.0 Å². The molecule has 1 heterocycles. The van der Waals surface area contributed by atoms with Crippen LogP contribution in [0.2, 0.25) is 0 Å². The summed E-state index contributed by atoms with van der Waals surface area (Å²) >= 11 is 0. The minimum Gasteiger partial charge on any atom is -0.463 e. The average molecular weight is 295 g/mol. The molecule has 0 amide bonds. The van der Waals surface area contributed by atoms with E-state index < -0.39 is 0 Å². The molecule has 6 heteroatoms. The molecular formula is C15H29N5O. The zero-order valence-corrected chi connectivity index (χ0v) is 14.0. The Morgan fingerprint density at radius 1 is 1.10 bits per heavy atom. The molecule has 0 unspecified atom stereocenters. The Hall–Kier alpha value is -1.59. The minimum atomic E-state index is 0.214. The Bertz CT molecular complexity index is 421. The second kappa shape index (κ2) is 8.64. The number of nitrogens with zero attached hydrogens (tertiary/aromatic N) is 4. The van der Waals surface area contributed by atoms with Gasteiger partial charge in [0.1, 0.15) is 0 Å². The number of hydrogen-bond donors (Lipinski definition) is 1. The molecule has 0 radical (unpaired) electrons. The van der Waals surface area contributed by atoms with E-state index in [2.05, 4.69) is 47.5 Å². The van der Waals surface area contributed by atoms with Crippen molar-refractivity contribution in [1.29, 1.82) is 0 Å². The highest BCUT2D eigenvalue weighted by Crippen LogP contribution is 2.20. The van der Waals surface area contributed by atoms with Gasteiger partial charge in [-0.15, -0.1) is 0 Å². The topological polar surface area (TPSA) is 77.2 Å². The lowest BCUT2D eigenvalue weighted by Gasteiger charge is -2.32. The molecule has 0 saturated carbocycles. The fourth-order valence-electron chi connectivity index (χ4n) is 2.26. The second-order valence-corrected chi connectivity index (χ2v) is 5.64. The van der Waals surface area contributed by atoms with Crippen LogP contribution in [0.4, 0.5) is 11.9 Å². The summed E-state index contributed by atoms with van der Waals surface area (Å²) in [6.45, 7) is 12.3. The molecule has 0 aliphatic rings. The van der Waals surface area contributed by atoms with Crippen molar-refractivity contribution in [3.63, 3.8) is 0 Å². The van der Waals surface area contributed by atoms with E-state index in [1.165, 1.54) is 0 Å². The number of aromatic nitrogens is 3. The Labute approximate surface area is 128 Å². The number of ether oxygens (including phenoxy) is 1. The second-order valence-electron chi connectivity index (χ2n) is 5.64. The summed E-state index contributed by atoms with van der Waals surface area (Å²) in [5.74, 6) is 1.35. The summed E-state index contributed by atoms with van der Waals surface area (Å²) in [5.41, 5.74) is 5.81. The van der Waals surface area contributed by atoms with Crippen LogP contribution in [0.3, 0.4) is 0 Å². The Balaban J connectivity index is 3.07. The summed E-state index contributed by atoms with van der Waals surface area (Å²) < 4.78 is 5.51. The van der Waals surface area contributed by atoms with E-state index in [0.717, 1.165) is 25.8 Å².